The number of primary sulfonamides is 1. The number of benzene rings is 1. The van der Waals surface area contributed by atoms with Crippen LogP contribution in [0.4, 0.5) is 18.9 Å². The lowest BCUT2D eigenvalue weighted by Gasteiger charge is -2.19. The molecule has 0 radical (unpaired) electrons. The Morgan fingerprint density at radius 3 is 2.50 bits per heavy atom. The summed E-state index contributed by atoms with van der Waals surface area (Å²) in [6.45, 7) is 0. The van der Waals surface area contributed by atoms with Gasteiger partial charge in [-0.05, 0) is 12.1 Å². The second kappa shape index (κ2) is 6.37. The zero-order valence-electron chi connectivity index (χ0n) is 11.5. The van der Waals surface area contributed by atoms with Crippen molar-refractivity contribution in [2.24, 2.45) is 9.54 Å². The SMILES string of the molecule is NS(=O)(=O)c1cc2c(cc1Cl)NC(CSCC(F)(F)F)=NS2(=O)=O. The van der Waals surface area contributed by atoms with Crippen molar-refractivity contribution in [3.8, 4) is 0 Å². The second-order valence-corrected chi connectivity index (χ2v) is 9.06. The van der Waals surface area contributed by atoms with Crippen LogP contribution in [0.1, 0.15) is 0 Å². The van der Waals surface area contributed by atoms with Gasteiger partial charge in [-0.25, -0.2) is 13.6 Å². The summed E-state index contributed by atoms with van der Waals surface area (Å²) in [4.78, 5) is -1.08. The van der Waals surface area contributed by atoms with Crippen molar-refractivity contribution in [3.05, 3.63) is 17.2 Å². The van der Waals surface area contributed by atoms with Gasteiger partial charge in [0.15, 0.2) is 0 Å². The molecule has 3 N–H and O–H groups in total. The first-order chi connectivity index (χ1) is 10.8. The number of nitrogens with zero attached hydrogens (tertiary/aromatic N) is 1. The van der Waals surface area contributed by atoms with E-state index in [1.165, 1.54) is 0 Å². The molecule has 0 spiro atoms. The Morgan fingerprint density at radius 1 is 1.33 bits per heavy atom. The number of thioether (sulfide) groups is 1. The molecule has 0 fully saturated rings. The number of rotatable bonds is 4. The molecule has 0 amide bonds. The van der Waals surface area contributed by atoms with Crippen molar-refractivity contribution in [1.29, 1.82) is 0 Å². The summed E-state index contributed by atoms with van der Waals surface area (Å²) < 4.78 is 86.7. The van der Waals surface area contributed by atoms with Gasteiger partial charge >= 0.3 is 6.18 Å². The first-order valence-corrected chi connectivity index (χ1v) is 10.4. The Morgan fingerprint density at radius 2 is 1.96 bits per heavy atom. The van der Waals surface area contributed by atoms with E-state index in [9.17, 15) is 30.0 Å². The van der Waals surface area contributed by atoms with Crippen LogP contribution in [-0.4, -0.2) is 40.4 Å². The molecule has 0 saturated heterocycles. The third kappa shape index (κ3) is 4.53. The van der Waals surface area contributed by atoms with E-state index >= 15 is 0 Å². The zero-order chi connectivity index (χ0) is 18.3. The van der Waals surface area contributed by atoms with E-state index in [-0.39, 0.29) is 22.3 Å². The second-order valence-electron chi connectivity index (χ2n) is 4.57. The summed E-state index contributed by atoms with van der Waals surface area (Å²) in [5, 5.41) is 7.13. The van der Waals surface area contributed by atoms with Gasteiger partial charge in [0.1, 0.15) is 15.6 Å². The number of alkyl halides is 3. The lowest BCUT2D eigenvalue weighted by molar-refractivity contribution is -0.105. The number of hydrogen-bond acceptors (Lipinski definition) is 6. The Balaban J connectivity index is 2.35. The molecule has 14 heteroatoms. The van der Waals surface area contributed by atoms with E-state index in [1.54, 1.807) is 0 Å². The highest BCUT2D eigenvalue weighted by atomic mass is 35.5. The molecule has 1 aliphatic heterocycles. The molecule has 1 aromatic rings. The Labute approximate surface area is 144 Å². The van der Waals surface area contributed by atoms with Gasteiger partial charge in [-0.2, -0.15) is 21.6 Å². The summed E-state index contributed by atoms with van der Waals surface area (Å²) in [6.07, 6.45) is -4.40. The standard InChI is InChI=1S/C10H9ClF3N3O4S3/c11-5-1-6-8(2-7(5)23(15,18)19)24(20,21)17-9(16-6)3-22-4-10(12,13)14/h1-2H,3-4H2,(H,16,17)(H2,15,18,19). The van der Waals surface area contributed by atoms with Gasteiger partial charge in [-0.1, -0.05) is 11.6 Å². The number of anilines is 1. The molecule has 1 aliphatic rings. The number of halogens is 4. The molecule has 0 aliphatic carbocycles. The fraction of sp³-hybridized carbons (Fsp3) is 0.300. The normalized spacial score (nSPS) is 17.0. The minimum Gasteiger partial charge on any atom is -0.341 e. The first-order valence-electron chi connectivity index (χ1n) is 5.91. The average Bonchev–Trinajstić information content (AvgIpc) is 2.33. The molecule has 134 valence electrons. The number of hydrogen-bond donors (Lipinski definition) is 2. The van der Waals surface area contributed by atoms with Crippen LogP contribution in [0.15, 0.2) is 26.3 Å². The fourth-order valence-electron chi connectivity index (χ4n) is 1.76. The molecular weight excluding hydrogens is 415 g/mol. The molecule has 0 saturated carbocycles. The summed E-state index contributed by atoms with van der Waals surface area (Å²) >= 11 is 6.19. The number of fused-ring (bicyclic) bond motifs is 1. The Hall–Kier alpha value is -1.02. The van der Waals surface area contributed by atoms with E-state index in [2.05, 4.69) is 9.71 Å². The van der Waals surface area contributed by atoms with E-state index in [0.29, 0.717) is 11.8 Å². The molecule has 7 nitrogen and oxygen atoms in total. The Kier molecular flexibility index (Phi) is 5.12. The van der Waals surface area contributed by atoms with Crippen LogP contribution in [0.3, 0.4) is 0 Å². The molecule has 1 heterocycles. The monoisotopic (exact) mass is 423 g/mol. The van der Waals surface area contributed by atoms with Crippen molar-refractivity contribution >= 4 is 54.9 Å². The van der Waals surface area contributed by atoms with Crippen molar-refractivity contribution in [1.82, 2.24) is 0 Å². The fourth-order valence-corrected chi connectivity index (χ4v) is 4.83. The van der Waals surface area contributed by atoms with E-state index in [1.807, 2.05) is 0 Å². The smallest absolute Gasteiger partial charge is 0.341 e. The predicted molar refractivity (Wildman–Crippen MR) is 84.4 cm³/mol. The van der Waals surface area contributed by atoms with Gasteiger partial charge in [0.2, 0.25) is 10.0 Å². The lowest BCUT2D eigenvalue weighted by Crippen LogP contribution is -2.25. The number of nitrogens with one attached hydrogen (secondary N) is 1. The molecule has 0 unspecified atom stereocenters. The topological polar surface area (TPSA) is 119 Å². The molecule has 0 atom stereocenters. The van der Waals surface area contributed by atoms with E-state index < -0.39 is 41.8 Å². The maximum Gasteiger partial charge on any atom is 0.397 e. The third-order valence-corrected chi connectivity index (χ3v) is 6.37. The van der Waals surface area contributed by atoms with Crippen LogP contribution in [-0.2, 0) is 20.0 Å². The van der Waals surface area contributed by atoms with Crippen molar-refractivity contribution in [3.63, 3.8) is 0 Å². The molecule has 0 bridgehead atoms. The number of amidine groups is 1. The van der Waals surface area contributed by atoms with Crippen molar-refractivity contribution < 1.29 is 30.0 Å². The number of nitrogens with two attached hydrogens (primary N) is 1. The minimum atomic E-state index is -4.40. The first kappa shape index (κ1) is 19.3. The minimum absolute atomic E-state index is 0.0926. The van der Waals surface area contributed by atoms with Gasteiger partial charge in [-0.3, -0.25) is 0 Å². The zero-order valence-corrected chi connectivity index (χ0v) is 14.7. The highest BCUT2D eigenvalue weighted by molar-refractivity contribution is 8.00. The largest absolute Gasteiger partial charge is 0.397 e. The van der Waals surface area contributed by atoms with Crippen LogP contribution >= 0.6 is 23.4 Å². The Bertz CT molecular complexity index is 913. The van der Waals surface area contributed by atoms with Gasteiger partial charge < -0.3 is 5.32 Å². The highest BCUT2D eigenvalue weighted by Crippen LogP contribution is 2.34. The predicted octanol–water partition coefficient (Wildman–Crippen LogP) is 1.80. The van der Waals surface area contributed by atoms with Crippen LogP contribution in [0.5, 0.6) is 0 Å². The van der Waals surface area contributed by atoms with Gasteiger partial charge in [-0.15, -0.1) is 16.2 Å². The van der Waals surface area contributed by atoms with Gasteiger partial charge in [0, 0.05) is 0 Å². The van der Waals surface area contributed by atoms with E-state index in [0.717, 1.165) is 12.1 Å². The lowest BCUT2D eigenvalue weighted by atomic mass is 10.3. The van der Waals surface area contributed by atoms with Crippen molar-refractivity contribution in [2.75, 3.05) is 16.8 Å². The molecule has 1 aromatic carbocycles. The van der Waals surface area contributed by atoms with Crippen LogP contribution in [0, 0.1) is 0 Å². The van der Waals surface area contributed by atoms with Crippen LogP contribution in [0.25, 0.3) is 0 Å². The average molecular weight is 424 g/mol. The van der Waals surface area contributed by atoms with Gasteiger partial charge in [0.05, 0.1) is 22.2 Å². The summed E-state index contributed by atoms with van der Waals surface area (Å²) in [5.41, 5.74) is -0.0926. The molecule has 24 heavy (non-hydrogen) atoms. The summed E-state index contributed by atoms with van der Waals surface area (Å²) in [7, 11) is -8.57. The van der Waals surface area contributed by atoms with Crippen molar-refractivity contribution in [2.45, 2.75) is 16.0 Å². The maximum absolute atomic E-state index is 12.1. The number of sulfonamides is 2. The quantitative estimate of drug-likeness (QED) is 0.762. The third-order valence-electron chi connectivity index (χ3n) is 2.63. The summed E-state index contributed by atoms with van der Waals surface area (Å²) in [5.74, 6) is -1.74. The van der Waals surface area contributed by atoms with Crippen LogP contribution in [0.2, 0.25) is 5.02 Å². The van der Waals surface area contributed by atoms with E-state index in [4.69, 9.17) is 16.7 Å². The van der Waals surface area contributed by atoms with Crippen LogP contribution < -0.4 is 10.5 Å². The molecule has 0 aromatic heterocycles. The molecule has 2 rings (SSSR count). The highest BCUT2D eigenvalue weighted by Gasteiger charge is 2.30. The molecular formula is C10H9ClF3N3O4S3. The summed E-state index contributed by atoms with van der Waals surface area (Å²) in [6, 6.07) is 1.76. The van der Waals surface area contributed by atoms with Gasteiger partial charge in [0.25, 0.3) is 10.0 Å². The maximum atomic E-state index is 12.1.